The number of hydrogen-bond acceptors (Lipinski definition) is 3. The number of hydrogen-bond donors (Lipinski definition) is 1. The molecule has 1 saturated heterocycles. The fourth-order valence-electron chi connectivity index (χ4n) is 1.92. The fraction of sp³-hybridized carbons (Fsp3) is 0.571. The van der Waals surface area contributed by atoms with E-state index in [1.807, 2.05) is 0 Å². The lowest BCUT2D eigenvalue weighted by Crippen LogP contribution is -2.28. The Kier molecular flexibility index (Phi) is 5.75. The molecule has 1 aliphatic heterocycles. The summed E-state index contributed by atoms with van der Waals surface area (Å²) in [7, 11) is 0. The largest absolute Gasteiger partial charge is 0.312 e. The van der Waals surface area contributed by atoms with Crippen LogP contribution in [-0.2, 0) is 13.0 Å². The van der Waals surface area contributed by atoms with Gasteiger partial charge in [-0.05, 0) is 17.5 Å². The average molecular weight is 267 g/mol. The normalized spacial score (nSPS) is 20.4. The van der Waals surface area contributed by atoms with Crippen LogP contribution in [0, 0.1) is 0 Å². The molecule has 1 nitrogen and oxygen atoms in total. The van der Waals surface area contributed by atoms with Crippen molar-refractivity contribution in [1.82, 2.24) is 5.32 Å². The Morgan fingerprint density at radius 3 is 2.59 bits per heavy atom. The smallest absolute Gasteiger partial charge is 0.0263 e. The highest BCUT2D eigenvalue weighted by atomic mass is 32.2. The molecule has 0 saturated carbocycles. The van der Waals surface area contributed by atoms with Crippen LogP contribution in [0.3, 0.4) is 0 Å². The van der Waals surface area contributed by atoms with E-state index < -0.39 is 0 Å². The van der Waals surface area contributed by atoms with Crippen LogP contribution >= 0.6 is 23.5 Å². The summed E-state index contributed by atoms with van der Waals surface area (Å²) in [5.41, 5.74) is 2.82. The van der Waals surface area contributed by atoms with Crippen LogP contribution in [0.5, 0.6) is 0 Å². The fourth-order valence-corrected chi connectivity index (χ4v) is 4.57. The zero-order valence-electron chi connectivity index (χ0n) is 10.4. The molecule has 17 heavy (non-hydrogen) atoms. The molecule has 0 aliphatic carbocycles. The van der Waals surface area contributed by atoms with Crippen molar-refractivity contribution in [3.63, 3.8) is 0 Å². The summed E-state index contributed by atoms with van der Waals surface area (Å²) < 4.78 is 0. The van der Waals surface area contributed by atoms with Gasteiger partial charge in [0.05, 0.1) is 0 Å². The van der Waals surface area contributed by atoms with Crippen molar-refractivity contribution in [1.29, 1.82) is 0 Å². The summed E-state index contributed by atoms with van der Waals surface area (Å²) in [6.45, 7) is 4.35. The van der Waals surface area contributed by atoms with E-state index in [4.69, 9.17) is 0 Å². The molecule has 0 radical (unpaired) electrons. The maximum absolute atomic E-state index is 3.57. The van der Waals surface area contributed by atoms with Crippen molar-refractivity contribution in [2.75, 3.05) is 23.8 Å². The predicted octanol–water partition coefficient (Wildman–Crippen LogP) is 3.19. The summed E-state index contributed by atoms with van der Waals surface area (Å²) in [5.74, 6) is 3.97. The maximum Gasteiger partial charge on any atom is 0.0263 e. The van der Waals surface area contributed by atoms with Gasteiger partial charge in [-0.25, -0.2) is 0 Å². The quantitative estimate of drug-likeness (QED) is 0.880. The number of thioether (sulfide) groups is 2. The summed E-state index contributed by atoms with van der Waals surface area (Å²) in [6.07, 6.45) is 1.13. The van der Waals surface area contributed by atoms with Crippen LogP contribution in [0.2, 0.25) is 0 Å². The number of aryl methyl sites for hydroxylation is 1. The van der Waals surface area contributed by atoms with Crippen molar-refractivity contribution in [3.8, 4) is 0 Å². The minimum Gasteiger partial charge on any atom is -0.312 e. The second-order valence-corrected chi connectivity index (χ2v) is 6.93. The Hall–Kier alpha value is -0.120. The molecular weight excluding hydrogens is 246 g/mol. The summed E-state index contributed by atoms with van der Waals surface area (Å²) in [5, 5.41) is 4.38. The summed E-state index contributed by atoms with van der Waals surface area (Å²) in [6, 6.07) is 8.97. The van der Waals surface area contributed by atoms with Gasteiger partial charge in [0.15, 0.2) is 0 Å². The Balaban J connectivity index is 1.69. The molecule has 0 bridgehead atoms. The topological polar surface area (TPSA) is 12.0 Å². The zero-order chi connectivity index (χ0) is 11.9. The van der Waals surface area contributed by atoms with E-state index in [1.165, 1.54) is 28.4 Å². The van der Waals surface area contributed by atoms with E-state index in [9.17, 15) is 0 Å². The first-order chi connectivity index (χ1) is 8.38. The Bertz CT molecular complexity index is 317. The van der Waals surface area contributed by atoms with E-state index >= 15 is 0 Å². The van der Waals surface area contributed by atoms with Crippen LogP contribution in [0.25, 0.3) is 0 Å². The van der Waals surface area contributed by atoms with Crippen LogP contribution in [0.4, 0.5) is 0 Å². The van der Waals surface area contributed by atoms with Gasteiger partial charge < -0.3 is 5.32 Å². The van der Waals surface area contributed by atoms with Crippen LogP contribution in [-0.4, -0.2) is 29.1 Å². The van der Waals surface area contributed by atoms with Gasteiger partial charge >= 0.3 is 0 Å². The third-order valence-electron chi connectivity index (χ3n) is 3.02. The molecule has 1 atom stereocenters. The van der Waals surface area contributed by atoms with Gasteiger partial charge in [-0.2, -0.15) is 23.5 Å². The molecule has 1 aromatic carbocycles. The lowest BCUT2D eigenvalue weighted by Gasteiger charge is -2.21. The average Bonchev–Trinajstić information content (AvgIpc) is 2.41. The highest BCUT2D eigenvalue weighted by Gasteiger charge is 2.13. The van der Waals surface area contributed by atoms with E-state index in [0.29, 0.717) is 0 Å². The van der Waals surface area contributed by atoms with Gasteiger partial charge in [-0.3, -0.25) is 0 Å². The second kappa shape index (κ2) is 7.34. The van der Waals surface area contributed by atoms with Crippen molar-refractivity contribution < 1.29 is 0 Å². The van der Waals surface area contributed by atoms with Crippen LogP contribution < -0.4 is 5.32 Å². The first-order valence-corrected chi connectivity index (χ1v) is 8.56. The Morgan fingerprint density at radius 1 is 1.18 bits per heavy atom. The van der Waals surface area contributed by atoms with E-state index in [2.05, 4.69) is 60.0 Å². The molecule has 1 N–H and O–H groups in total. The van der Waals surface area contributed by atoms with Crippen molar-refractivity contribution >= 4 is 23.5 Å². The first kappa shape index (κ1) is 13.3. The van der Waals surface area contributed by atoms with E-state index in [-0.39, 0.29) is 0 Å². The zero-order valence-corrected chi connectivity index (χ0v) is 12.1. The van der Waals surface area contributed by atoms with Gasteiger partial charge in [0, 0.05) is 35.6 Å². The van der Waals surface area contributed by atoms with Crippen molar-refractivity contribution in [3.05, 3.63) is 35.4 Å². The summed E-state index contributed by atoms with van der Waals surface area (Å²) >= 11 is 4.21. The second-order valence-electron chi connectivity index (χ2n) is 4.37. The lowest BCUT2D eigenvalue weighted by atomic mass is 10.1. The number of rotatable bonds is 5. The molecule has 94 valence electrons. The van der Waals surface area contributed by atoms with Gasteiger partial charge in [0.25, 0.3) is 0 Å². The van der Waals surface area contributed by atoms with Gasteiger partial charge in [0.2, 0.25) is 0 Å². The van der Waals surface area contributed by atoms with E-state index in [0.717, 1.165) is 24.8 Å². The van der Waals surface area contributed by atoms with E-state index in [1.54, 1.807) is 0 Å². The minimum atomic E-state index is 0.809. The third-order valence-corrected chi connectivity index (χ3v) is 5.86. The third kappa shape index (κ3) is 4.57. The molecule has 0 spiro atoms. The highest BCUT2D eigenvalue weighted by Crippen LogP contribution is 2.23. The molecule has 1 heterocycles. The van der Waals surface area contributed by atoms with Crippen molar-refractivity contribution in [2.45, 2.75) is 25.1 Å². The molecule has 3 heteroatoms. The maximum atomic E-state index is 3.57. The summed E-state index contributed by atoms with van der Waals surface area (Å²) in [4.78, 5) is 0. The SMILES string of the molecule is CCc1ccc(CNCC2CSCCS2)cc1. The van der Waals surface area contributed by atoms with Crippen LogP contribution in [0.15, 0.2) is 24.3 Å². The molecule has 1 aromatic rings. The number of nitrogens with one attached hydrogen (secondary N) is 1. The monoisotopic (exact) mass is 267 g/mol. The highest BCUT2D eigenvalue weighted by molar-refractivity contribution is 8.06. The van der Waals surface area contributed by atoms with Gasteiger partial charge in [0.1, 0.15) is 0 Å². The molecule has 0 aromatic heterocycles. The van der Waals surface area contributed by atoms with Crippen molar-refractivity contribution in [2.24, 2.45) is 0 Å². The predicted molar refractivity (Wildman–Crippen MR) is 81.1 cm³/mol. The van der Waals surface area contributed by atoms with Crippen LogP contribution in [0.1, 0.15) is 18.1 Å². The molecule has 1 unspecified atom stereocenters. The Labute approximate surface area is 113 Å². The molecule has 0 amide bonds. The number of benzene rings is 1. The first-order valence-electron chi connectivity index (χ1n) is 6.36. The van der Waals surface area contributed by atoms with Gasteiger partial charge in [-0.1, -0.05) is 31.2 Å². The molecule has 2 rings (SSSR count). The Morgan fingerprint density at radius 2 is 1.94 bits per heavy atom. The lowest BCUT2D eigenvalue weighted by molar-refractivity contribution is 0.686. The standard InChI is InChI=1S/C14H21NS2/c1-2-12-3-5-13(6-4-12)9-15-10-14-11-16-7-8-17-14/h3-6,14-15H,2,7-11H2,1H3. The minimum absolute atomic E-state index is 0.809. The molecule has 1 aliphatic rings. The molecule has 1 fully saturated rings. The van der Waals surface area contributed by atoms with Gasteiger partial charge in [-0.15, -0.1) is 0 Å². The molecular formula is C14H21NS2.